The van der Waals surface area contributed by atoms with Gasteiger partial charge in [-0.2, -0.15) is 0 Å². The highest BCUT2D eigenvalue weighted by Gasteiger charge is 2.22. The molecule has 1 aromatic heterocycles. The molecule has 0 aliphatic rings. The molecule has 2 aromatic carbocycles. The number of esters is 1. The molecule has 0 saturated carbocycles. The highest BCUT2D eigenvalue weighted by molar-refractivity contribution is 7.92. The third kappa shape index (κ3) is 7.66. The normalized spacial score (nSPS) is 11.5. The predicted octanol–water partition coefficient (Wildman–Crippen LogP) is 5.06. The predicted molar refractivity (Wildman–Crippen MR) is 141 cm³/mol. The van der Waals surface area contributed by atoms with Crippen molar-refractivity contribution in [3.63, 3.8) is 0 Å². The molecule has 0 spiro atoms. The number of hydrogen-bond acceptors (Lipinski definition) is 7. The van der Waals surface area contributed by atoms with Crippen molar-refractivity contribution in [3.8, 4) is 5.75 Å². The van der Waals surface area contributed by atoms with Crippen molar-refractivity contribution in [2.24, 2.45) is 0 Å². The molecule has 9 heteroatoms. The van der Waals surface area contributed by atoms with Crippen molar-refractivity contribution in [2.45, 2.75) is 52.4 Å². The topological polar surface area (TPSA) is 115 Å². The fourth-order valence-corrected chi connectivity index (χ4v) is 4.36. The second-order valence-electron chi connectivity index (χ2n) is 8.77. The highest BCUT2D eigenvalue weighted by Crippen LogP contribution is 2.32. The Morgan fingerprint density at radius 3 is 2.36 bits per heavy atom. The zero-order chi connectivity index (χ0) is 26.1. The molecule has 0 bridgehead atoms. The number of anilines is 1. The maximum atomic E-state index is 13.5. The molecule has 2 N–H and O–H groups in total. The summed E-state index contributed by atoms with van der Waals surface area (Å²) in [7, 11) is -3.47. The monoisotopic (exact) mass is 514 g/mol. The fourth-order valence-electron chi connectivity index (χ4n) is 3.81. The van der Waals surface area contributed by atoms with Crippen molar-refractivity contribution in [1.29, 1.82) is 0 Å². The van der Waals surface area contributed by atoms with Gasteiger partial charge in [0.15, 0.2) is 5.78 Å². The van der Waals surface area contributed by atoms with Gasteiger partial charge in [-0.05, 0) is 61.9 Å². The standard InChI is InChI=1S/C27H34N2O6S/c1-4-6-8-24-26(22-18-20(29-36(3,32)33)11-14-23(22)35-24)27(31)19-9-12-21(13-10-19)34-25(30)15-17-28-16-7-5-2/h9-14,18,28-29H,4-8,15-17H2,1-3H3. The smallest absolute Gasteiger partial charge is 0.312 e. The molecule has 0 saturated heterocycles. The van der Waals surface area contributed by atoms with Crippen LogP contribution in [-0.2, 0) is 21.2 Å². The van der Waals surface area contributed by atoms with E-state index in [1.165, 1.54) is 0 Å². The molecule has 0 atom stereocenters. The number of sulfonamides is 1. The third-order valence-corrected chi connectivity index (χ3v) is 6.22. The first kappa shape index (κ1) is 27.4. The van der Waals surface area contributed by atoms with Crippen molar-refractivity contribution in [2.75, 3.05) is 24.1 Å². The molecular formula is C27H34N2O6S. The van der Waals surface area contributed by atoms with Gasteiger partial charge in [-0.25, -0.2) is 8.42 Å². The van der Waals surface area contributed by atoms with E-state index in [1.54, 1.807) is 42.5 Å². The van der Waals surface area contributed by atoms with Gasteiger partial charge in [-0.3, -0.25) is 14.3 Å². The SMILES string of the molecule is CCCCNCCC(=O)Oc1ccc(C(=O)c2c(CCCC)oc3ccc(NS(C)(=O)=O)cc23)cc1. The van der Waals surface area contributed by atoms with E-state index in [0.717, 1.165) is 38.5 Å². The summed E-state index contributed by atoms with van der Waals surface area (Å²) in [5, 5.41) is 3.75. The van der Waals surface area contributed by atoms with Crippen LogP contribution in [0.5, 0.6) is 5.75 Å². The number of furan rings is 1. The molecule has 36 heavy (non-hydrogen) atoms. The molecule has 0 aliphatic carbocycles. The van der Waals surface area contributed by atoms with Gasteiger partial charge < -0.3 is 14.5 Å². The first-order chi connectivity index (χ1) is 17.2. The summed E-state index contributed by atoms with van der Waals surface area (Å²) < 4.78 is 37.2. The van der Waals surface area contributed by atoms with E-state index in [-0.39, 0.29) is 18.2 Å². The lowest BCUT2D eigenvalue weighted by atomic mass is 9.98. The Balaban J connectivity index is 1.80. The number of rotatable bonds is 14. The first-order valence-electron chi connectivity index (χ1n) is 12.3. The Morgan fingerprint density at radius 1 is 0.972 bits per heavy atom. The van der Waals surface area contributed by atoms with Crippen LogP contribution in [0, 0.1) is 0 Å². The molecule has 0 amide bonds. The number of unbranched alkanes of at least 4 members (excludes halogenated alkanes) is 2. The lowest BCUT2D eigenvalue weighted by Crippen LogP contribution is -2.21. The van der Waals surface area contributed by atoms with Crippen LogP contribution in [0.2, 0.25) is 0 Å². The number of ether oxygens (including phenoxy) is 1. The van der Waals surface area contributed by atoms with Gasteiger partial charge in [0.25, 0.3) is 0 Å². The summed E-state index contributed by atoms with van der Waals surface area (Å²) in [6, 6.07) is 11.3. The fraction of sp³-hybridized carbons (Fsp3) is 0.407. The maximum Gasteiger partial charge on any atom is 0.312 e. The second kappa shape index (κ2) is 12.7. The Hall–Kier alpha value is -3.17. The van der Waals surface area contributed by atoms with Crippen LogP contribution in [0.15, 0.2) is 46.9 Å². The molecule has 3 rings (SSSR count). The molecule has 8 nitrogen and oxygen atoms in total. The number of nitrogens with one attached hydrogen (secondary N) is 2. The Kier molecular flexibility index (Phi) is 9.66. The Bertz CT molecular complexity index is 1300. The number of ketones is 1. The quantitative estimate of drug-likeness (QED) is 0.134. The molecule has 1 heterocycles. The maximum absolute atomic E-state index is 13.5. The van der Waals surface area contributed by atoms with Gasteiger partial charge in [-0.1, -0.05) is 26.7 Å². The van der Waals surface area contributed by atoms with Crippen molar-refractivity contribution in [3.05, 3.63) is 59.4 Å². The summed E-state index contributed by atoms with van der Waals surface area (Å²) in [4.78, 5) is 25.6. The number of carbonyl (C=O) groups is 2. The molecule has 0 aliphatic heterocycles. The van der Waals surface area contributed by atoms with Gasteiger partial charge in [0.05, 0.1) is 18.2 Å². The van der Waals surface area contributed by atoms with Crippen LogP contribution in [0.4, 0.5) is 5.69 Å². The molecule has 194 valence electrons. The second-order valence-corrected chi connectivity index (χ2v) is 10.5. The van der Waals surface area contributed by atoms with Crippen LogP contribution >= 0.6 is 0 Å². The van der Waals surface area contributed by atoms with Gasteiger partial charge in [0.2, 0.25) is 10.0 Å². The van der Waals surface area contributed by atoms with E-state index < -0.39 is 10.0 Å². The molecule has 0 unspecified atom stereocenters. The van der Waals surface area contributed by atoms with E-state index in [4.69, 9.17) is 9.15 Å². The Labute approximate surface area is 212 Å². The summed E-state index contributed by atoms with van der Waals surface area (Å²) in [6.07, 6.45) is 5.85. The average molecular weight is 515 g/mol. The number of hydrogen-bond donors (Lipinski definition) is 2. The van der Waals surface area contributed by atoms with E-state index in [1.807, 2.05) is 0 Å². The van der Waals surface area contributed by atoms with E-state index >= 15 is 0 Å². The van der Waals surface area contributed by atoms with Crippen molar-refractivity contribution < 1.29 is 27.2 Å². The van der Waals surface area contributed by atoms with Crippen LogP contribution in [0.1, 0.15) is 67.6 Å². The van der Waals surface area contributed by atoms with Crippen LogP contribution < -0.4 is 14.8 Å². The van der Waals surface area contributed by atoms with E-state index in [2.05, 4.69) is 23.9 Å². The minimum absolute atomic E-state index is 0.241. The minimum atomic E-state index is -3.47. The summed E-state index contributed by atoms with van der Waals surface area (Å²) in [5.41, 5.74) is 1.70. The minimum Gasteiger partial charge on any atom is -0.460 e. The van der Waals surface area contributed by atoms with Crippen LogP contribution in [0.25, 0.3) is 11.0 Å². The molecule has 0 radical (unpaired) electrons. The highest BCUT2D eigenvalue weighted by atomic mass is 32.2. The third-order valence-electron chi connectivity index (χ3n) is 5.61. The Morgan fingerprint density at radius 2 is 1.69 bits per heavy atom. The van der Waals surface area contributed by atoms with Crippen molar-refractivity contribution in [1.82, 2.24) is 5.32 Å². The first-order valence-corrected chi connectivity index (χ1v) is 14.2. The van der Waals surface area contributed by atoms with Gasteiger partial charge in [0.1, 0.15) is 17.1 Å². The summed E-state index contributed by atoms with van der Waals surface area (Å²) >= 11 is 0. The van der Waals surface area contributed by atoms with E-state index in [9.17, 15) is 18.0 Å². The summed E-state index contributed by atoms with van der Waals surface area (Å²) in [6.45, 7) is 5.59. The number of carbonyl (C=O) groups excluding carboxylic acids is 2. The number of aryl methyl sites for hydroxylation is 1. The van der Waals surface area contributed by atoms with Gasteiger partial charge in [0, 0.05) is 29.6 Å². The lowest BCUT2D eigenvalue weighted by Gasteiger charge is -2.07. The zero-order valence-electron chi connectivity index (χ0n) is 21.1. The van der Waals surface area contributed by atoms with Crippen LogP contribution in [-0.4, -0.2) is 39.5 Å². The zero-order valence-corrected chi connectivity index (χ0v) is 21.9. The summed E-state index contributed by atoms with van der Waals surface area (Å²) in [5.74, 6) is 0.355. The largest absolute Gasteiger partial charge is 0.460 e. The lowest BCUT2D eigenvalue weighted by molar-refractivity contribution is -0.134. The number of fused-ring (bicyclic) bond motifs is 1. The molecule has 3 aromatic rings. The van der Waals surface area contributed by atoms with Gasteiger partial charge in [-0.15, -0.1) is 0 Å². The van der Waals surface area contributed by atoms with E-state index in [0.29, 0.717) is 52.3 Å². The van der Waals surface area contributed by atoms with Crippen LogP contribution in [0.3, 0.4) is 0 Å². The molecular weight excluding hydrogens is 480 g/mol. The average Bonchev–Trinajstić information content (AvgIpc) is 3.19. The molecule has 0 fully saturated rings. The van der Waals surface area contributed by atoms with Gasteiger partial charge >= 0.3 is 5.97 Å². The van der Waals surface area contributed by atoms with Crippen molar-refractivity contribution >= 4 is 38.4 Å². The number of benzene rings is 2.